The summed E-state index contributed by atoms with van der Waals surface area (Å²) >= 11 is 0. The van der Waals surface area contributed by atoms with Gasteiger partial charge in [0, 0.05) is 6.54 Å². The van der Waals surface area contributed by atoms with Gasteiger partial charge in [0.15, 0.2) is 0 Å². The lowest BCUT2D eigenvalue weighted by Crippen LogP contribution is -2.32. The molecule has 3 aromatic carbocycles. The van der Waals surface area contributed by atoms with E-state index in [0.717, 1.165) is 5.56 Å². The van der Waals surface area contributed by atoms with Crippen molar-refractivity contribution in [3.63, 3.8) is 0 Å². The second kappa shape index (κ2) is 13.1. The molecule has 0 aliphatic rings. The molecule has 11 heteroatoms. The molecule has 0 aliphatic heterocycles. The molecule has 0 spiro atoms. The minimum Gasteiger partial charge on any atom is -0.495 e. The van der Waals surface area contributed by atoms with E-state index >= 15 is 0 Å². The first-order chi connectivity index (χ1) is 16.8. The fraction of sp³-hybridized carbons (Fsp3) is 0.160. The van der Waals surface area contributed by atoms with Crippen LogP contribution in [-0.2, 0) is 21.2 Å². The predicted octanol–water partition coefficient (Wildman–Crippen LogP) is 3.88. The number of rotatable bonds is 10. The van der Waals surface area contributed by atoms with Gasteiger partial charge in [-0.25, -0.2) is 8.42 Å². The van der Waals surface area contributed by atoms with Crippen LogP contribution in [0.4, 0.5) is 11.4 Å². The normalized spacial score (nSPS) is 11.0. The Balaban J connectivity index is 0.00000456. The van der Waals surface area contributed by atoms with Gasteiger partial charge in [-0.15, -0.1) is 12.4 Å². The third kappa shape index (κ3) is 7.46. The Labute approximate surface area is 216 Å². The number of nitriles is 1. The highest BCUT2D eigenvalue weighted by atomic mass is 35.5. The Morgan fingerprint density at radius 1 is 1.03 bits per heavy atom. The number of hydrogen-bond acceptors (Lipinski definition) is 7. The number of halogens is 1. The summed E-state index contributed by atoms with van der Waals surface area (Å²) in [4.78, 5) is 12.3. The van der Waals surface area contributed by atoms with Crippen molar-refractivity contribution in [2.24, 2.45) is 5.10 Å². The Morgan fingerprint density at radius 2 is 1.72 bits per heavy atom. The number of amides is 1. The number of para-hydroxylation sites is 2. The summed E-state index contributed by atoms with van der Waals surface area (Å²) < 4.78 is 33.5. The molecule has 9 nitrogen and oxygen atoms in total. The van der Waals surface area contributed by atoms with Gasteiger partial charge in [0.05, 0.1) is 23.4 Å². The Morgan fingerprint density at radius 3 is 2.42 bits per heavy atom. The summed E-state index contributed by atoms with van der Waals surface area (Å²) in [6.45, 7) is 2.08. The van der Waals surface area contributed by atoms with E-state index in [4.69, 9.17) is 4.74 Å². The minimum absolute atomic E-state index is 0. The molecule has 0 heterocycles. The van der Waals surface area contributed by atoms with Crippen molar-refractivity contribution in [2.75, 3.05) is 23.8 Å². The van der Waals surface area contributed by atoms with Crippen LogP contribution in [0, 0.1) is 18.3 Å². The lowest BCUT2D eigenvalue weighted by Gasteiger charge is -2.13. The fourth-order valence-corrected chi connectivity index (χ4v) is 4.21. The van der Waals surface area contributed by atoms with Crippen LogP contribution < -0.4 is 20.2 Å². The summed E-state index contributed by atoms with van der Waals surface area (Å²) in [6, 6.07) is 22.4. The second-order valence-electron chi connectivity index (χ2n) is 7.46. The summed E-state index contributed by atoms with van der Waals surface area (Å²) in [5, 5.41) is 15.9. The molecule has 0 bridgehead atoms. The van der Waals surface area contributed by atoms with Crippen LogP contribution in [-0.4, -0.2) is 33.7 Å². The molecular weight excluding hydrogens is 502 g/mol. The fourth-order valence-electron chi connectivity index (χ4n) is 3.11. The number of carbonyl (C=O) groups is 1. The van der Waals surface area contributed by atoms with Crippen LogP contribution in [0.15, 0.2) is 82.8 Å². The van der Waals surface area contributed by atoms with E-state index < -0.39 is 15.9 Å². The standard InChI is InChI=1S/C25H25N5O4S.ClH/c1-18-12-13-20(35(32,33)30-21-10-6-7-11-24(21)34-2)16-22(18)28-29-23(17-26)25(31)27-15-14-19-8-4-3-5-9-19;/h3-13,16,28,30H,14-15H2,1-2H3,(H,27,31);1H/b29-23+;. The molecule has 0 aliphatic carbocycles. The molecule has 0 atom stereocenters. The van der Waals surface area contributed by atoms with Crippen LogP contribution in [0.5, 0.6) is 5.75 Å². The molecule has 3 N–H and O–H groups in total. The van der Waals surface area contributed by atoms with Crippen LogP contribution in [0.3, 0.4) is 0 Å². The zero-order valence-corrected chi connectivity index (χ0v) is 21.3. The number of benzene rings is 3. The SMILES string of the molecule is COc1ccccc1NS(=O)(=O)c1ccc(C)c(N/N=C(\C#N)C(=O)NCCc2ccccc2)c1.Cl. The Hall–Kier alpha value is -4.07. The largest absolute Gasteiger partial charge is 0.495 e. The summed E-state index contributed by atoms with van der Waals surface area (Å²) in [6.07, 6.45) is 0.608. The molecule has 0 saturated carbocycles. The number of anilines is 2. The summed E-state index contributed by atoms with van der Waals surface area (Å²) in [5.74, 6) is -0.252. The maximum atomic E-state index is 12.9. The molecule has 3 aromatic rings. The van der Waals surface area contributed by atoms with Crippen molar-refractivity contribution in [3.05, 3.63) is 83.9 Å². The third-order valence-electron chi connectivity index (χ3n) is 5.02. The van der Waals surface area contributed by atoms with Crippen molar-refractivity contribution < 1.29 is 17.9 Å². The number of aryl methyl sites for hydroxylation is 1. The number of nitrogens with zero attached hydrogens (tertiary/aromatic N) is 2. The first-order valence-electron chi connectivity index (χ1n) is 10.7. The van der Waals surface area contributed by atoms with Gasteiger partial charge in [0.1, 0.15) is 11.8 Å². The van der Waals surface area contributed by atoms with Gasteiger partial charge in [0.2, 0.25) is 5.71 Å². The lowest BCUT2D eigenvalue weighted by atomic mass is 10.1. The van der Waals surface area contributed by atoms with Gasteiger partial charge in [-0.1, -0.05) is 48.5 Å². The number of nitrogens with one attached hydrogen (secondary N) is 3. The third-order valence-corrected chi connectivity index (χ3v) is 6.39. The average Bonchev–Trinajstić information content (AvgIpc) is 2.86. The van der Waals surface area contributed by atoms with Gasteiger partial charge in [-0.3, -0.25) is 14.9 Å². The number of hydrazone groups is 1. The lowest BCUT2D eigenvalue weighted by molar-refractivity contribution is -0.114. The Bertz CT molecular complexity index is 1370. The highest BCUT2D eigenvalue weighted by Crippen LogP contribution is 2.27. The van der Waals surface area contributed by atoms with Crippen molar-refractivity contribution in [1.82, 2.24) is 5.32 Å². The van der Waals surface area contributed by atoms with Crippen molar-refractivity contribution >= 4 is 45.4 Å². The van der Waals surface area contributed by atoms with Crippen LogP contribution in [0.1, 0.15) is 11.1 Å². The van der Waals surface area contributed by atoms with Crippen LogP contribution in [0.2, 0.25) is 0 Å². The maximum Gasteiger partial charge on any atom is 0.282 e. The minimum atomic E-state index is -3.95. The number of hydrogen-bond donors (Lipinski definition) is 3. The number of sulfonamides is 1. The second-order valence-corrected chi connectivity index (χ2v) is 9.14. The molecule has 0 fully saturated rings. The van der Waals surface area contributed by atoms with E-state index in [1.54, 1.807) is 43.3 Å². The maximum absolute atomic E-state index is 12.9. The highest BCUT2D eigenvalue weighted by molar-refractivity contribution is 7.92. The zero-order chi connectivity index (χ0) is 25.3. The molecule has 36 heavy (non-hydrogen) atoms. The number of methoxy groups -OCH3 is 1. The van der Waals surface area contributed by atoms with E-state index in [1.807, 2.05) is 30.3 Å². The first kappa shape index (κ1) is 28.2. The summed E-state index contributed by atoms with van der Waals surface area (Å²) in [5.41, 5.74) is 4.61. The molecule has 1 amide bonds. The van der Waals surface area contributed by atoms with Crippen molar-refractivity contribution in [1.29, 1.82) is 5.26 Å². The van der Waals surface area contributed by atoms with Crippen molar-refractivity contribution in [2.45, 2.75) is 18.2 Å². The van der Waals surface area contributed by atoms with Crippen LogP contribution >= 0.6 is 12.4 Å². The van der Waals surface area contributed by atoms with Gasteiger partial charge >= 0.3 is 0 Å². The molecule has 0 aromatic heterocycles. The van der Waals surface area contributed by atoms with Gasteiger partial charge in [-0.2, -0.15) is 10.4 Å². The van der Waals surface area contributed by atoms with E-state index in [9.17, 15) is 18.5 Å². The molecule has 188 valence electrons. The topological polar surface area (TPSA) is 133 Å². The molecule has 0 saturated heterocycles. The van der Waals surface area contributed by atoms with Gasteiger partial charge in [-0.05, 0) is 48.7 Å². The van der Waals surface area contributed by atoms with Gasteiger partial charge in [0.25, 0.3) is 15.9 Å². The average molecular weight is 528 g/mol. The predicted molar refractivity (Wildman–Crippen MR) is 142 cm³/mol. The smallest absolute Gasteiger partial charge is 0.282 e. The van der Waals surface area contributed by atoms with Crippen molar-refractivity contribution in [3.8, 4) is 11.8 Å². The Kier molecular flexibility index (Phi) is 10.3. The summed E-state index contributed by atoms with van der Waals surface area (Å²) in [7, 11) is -2.50. The van der Waals surface area contributed by atoms with E-state index in [1.165, 1.54) is 19.2 Å². The highest BCUT2D eigenvalue weighted by Gasteiger charge is 2.18. The zero-order valence-electron chi connectivity index (χ0n) is 19.7. The quantitative estimate of drug-likeness (QED) is 0.271. The molecule has 0 radical (unpaired) electrons. The van der Waals surface area contributed by atoms with E-state index in [0.29, 0.717) is 35.7 Å². The molecule has 0 unspecified atom stereocenters. The van der Waals surface area contributed by atoms with E-state index in [2.05, 4.69) is 20.6 Å². The van der Waals surface area contributed by atoms with Crippen LogP contribution in [0.25, 0.3) is 0 Å². The van der Waals surface area contributed by atoms with Gasteiger partial charge < -0.3 is 10.1 Å². The number of carbonyl (C=O) groups excluding carboxylic acids is 1. The molecular formula is C25H26ClN5O4S. The monoisotopic (exact) mass is 527 g/mol. The molecule has 3 rings (SSSR count). The van der Waals surface area contributed by atoms with E-state index in [-0.39, 0.29) is 23.0 Å². The number of ether oxygens (including phenoxy) is 1. The first-order valence-corrected chi connectivity index (χ1v) is 12.1.